The SMILES string of the molecule is Cc1cc2ncc3c(n2n1)C[C@@H]1CC[C@H]3N1C(=O)CCCNS(=O)(=O)c1cccs1. The topological polar surface area (TPSA) is 96.7 Å². The van der Waals surface area contributed by atoms with Crippen LogP contribution in [0.5, 0.6) is 0 Å². The van der Waals surface area contributed by atoms with Gasteiger partial charge in [0.25, 0.3) is 0 Å². The Kier molecular flexibility index (Phi) is 4.87. The van der Waals surface area contributed by atoms with Crippen LogP contribution in [0.1, 0.15) is 48.7 Å². The molecule has 2 aliphatic rings. The number of rotatable bonds is 6. The van der Waals surface area contributed by atoms with Crippen molar-refractivity contribution in [2.24, 2.45) is 0 Å². The van der Waals surface area contributed by atoms with Crippen LogP contribution in [0.3, 0.4) is 0 Å². The van der Waals surface area contributed by atoms with Gasteiger partial charge >= 0.3 is 0 Å². The van der Waals surface area contributed by atoms with E-state index in [1.165, 1.54) is 11.3 Å². The molecule has 3 aromatic heterocycles. The highest BCUT2D eigenvalue weighted by Gasteiger charge is 2.43. The maximum absolute atomic E-state index is 13.0. The van der Waals surface area contributed by atoms with Crippen LogP contribution in [-0.2, 0) is 21.2 Å². The second-order valence-electron chi connectivity index (χ2n) is 7.90. The third kappa shape index (κ3) is 3.32. The molecular weight excluding hydrogens is 422 g/mol. The number of nitrogens with zero attached hydrogens (tertiary/aromatic N) is 4. The molecule has 8 nitrogen and oxygen atoms in total. The molecular formula is C20H23N5O3S2. The largest absolute Gasteiger partial charge is 0.332 e. The molecule has 0 aliphatic carbocycles. The lowest BCUT2D eigenvalue weighted by Crippen LogP contribution is -2.42. The summed E-state index contributed by atoms with van der Waals surface area (Å²) >= 11 is 1.18. The van der Waals surface area contributed by atoms with Gasteiger partial charge in [0.1, 0.15) is 4.21 Å². The van der Waals surface area contributed by atoms with E-state index < -0.39 is 10.0 Å². The zero-order chi connectivity index (χ0) is 20.9. The number of aromatic nitrogens is 3. The van der Waals surface area contributed by atoms with E-state index in [0.717, 1.165) is 41.9 Å². The fourth-order valence-electron chi connectivity index (χ4n) is 4.64. The highest BCUT2D eigenvalue weighted by Crippen LogP contribution is 2.43. The van der Waals surface area contributed by atoms with Crippen molar-refractivity contribution in [3.63, 3.8) is 0 Å². The minimum absolute atomic E-state index is 0.0375. The fraction of sp³-hybridized carbons (Fsp3) is 0.450. The summed E-state index contributed by atoms with van der Waals surface area (Å²) in [7, 11) is -3.48. The summed E-state index contributed by atoms with van der Waals surface area (Å²) in [5.74, 6) is 0.0835. The predicted octanol–water partition coefficient (Wildman–Crippen LogP) is 2.45. The number of carbonyl (C=O) groups excluding carboxylic acids is 1. The highest BCUT2D eigenvalue weighted by molar-refractivity contribution is 7.91. The number of aryl methyl sites for hydroxylation is 1. The number of carbonyl (C=O) groups is 1. The molecule has 158 valence electrons. The summed E-state index contributed by atoms with van der Waals surface area (Å²) in [6, 6.07) is 5.47. The third-order valence-electron chi connectivity index (χ3n) is 5.94. The number of amides is 1. The standard InChI is InChI=1S/C20H23N5O3S2/c1-13-10-18-21-12-15-16-7-6-14(11-17(15)25(18)23-13)24(16)19(26)4-2-8-22-30(27,28)20-5-3-9-29-20/h3,5,9-10,12,14,16,22H,2,4,6-8,11H2,1H3/t14-,16+/m0/s1. The first-order chi connectivity index (χ1) is 14.4. The number of hydrogen-bond donors (Lipinski definition) is 1. The molecule has 0 radical (unpaired) electrons. The van der Waals surface area contributed by atoms with Crippen molar-refractivity contribution in [1.82, 2.24) is 24.2 Å². The van der Waals surface area contributed by atoms with Gasteiger partial charge in [-0.2, -0.15) is 5.10 Å². The van der Waals surface area contributed by atoms with E-state index in [-0.39, 0.29) is 24.5 Å². The van der Waals surface area contributed by atoms with Crippen LogP contribution in [0.15, 0.2) is 34.0 Å². The van der Waals surface area contributed by atoms with E-state index in [1.807, 2.05) is 28.6 Å². The van der Waals surface area contributed by atoms with Crippen molar-refractivity contribution < 1.29 is 13.2 Å². The summed E-state index contributed by atoms with van der Waals surface area (Å²) < 4.78 is 29.2. The number of fused-ring (bicyclic) bond motifs is 6. The Hall–Kier alpha value is -2.30. The molecule has 0 saturated carbocycles. The Morgan fingerprint density at radius 3 is 3.03 bits per heavy atom. The van der Waals surface area contributed by atoms with Gasteiger partial charge in [-0.3, -0.25) is 4.79 Å². The zero-order valence-electron chi connectivity index (χ0n) is 16.6. The molecule has 30 heavy (non-hydrogen) atoms. The molecule has 2 aliphatic heterocycles. The van der Waals surface area contributed by atoms with Crippen LogP contribution < -0.4 is 4.72 Å². The van der Waals surface area contributed by atoms with E-state index in [9.17, 15) is 13.2 Å². The molecule has 10 heteroatoms. The van der Waals surface area contributed by atoms with Crippen molar-refractivity contribution in [2.45, 2.75) is 55.3 Å². The molecule has 1 amide bonds. The minimum Gasteiger partial charge on any atom is -0.332 e. The van der Waals surface area contributed by atoms with Gasteiger partial charge in [0.15, 0.2) is 5.65 Å². The molecule has 5 rings (SSSR count). The molecule has 3 aromatic rings. The zero-order valence-corrected chi connectivity index (χ0v) is 18.2. The van der Waals surface area contributed by atoms with Gasteiger partial charge in [-0.25, -0.2) is 22.6 Å². The lowest BCUT2D eigenvalue weighted by Gasteiger charge is -2.36. The van der Waals surface area contributed by atoms with Gasteiger partial charge in [-0.15, -0.1) is 11.3 Å². The Morgan fingerprint density at radius 1 is 1.37 bits per heavy atom. The molecule has 1 fully saturated rings. The Labute approximate surface area is 179 Å². The van der Waals surface area contributed by atoms with Crippen LogP contribution in [0, 0.1) is 6.92 Å². The normalized spacial score (nSPS) is 20.6. The smallest absolute Gasteiger partial charge is 0.250 e. The number of thiophene rings is 1. The van der Waals surface area contributed by atoms with Crippen LogP contribution in [-0.4, -0.2) is 46.4 Å². The van der Waals surface area contributed by atoms with Crippen LogP contribution in [0.4, 0.5) is 0 Å². The summed E-state index contributed by atoms with van der Waals surface area (Å²) in [5.41, 5.74) is 4.04. The van der Waals surface area contributed by atoms with Gasteiger partial charge < -0.3 is 4.90 Å². The first-order valence-corrected chi connectivity index (χ1v) is 12.5. The molecule has 2 atom stereocenters. The average Bonchev–Trinajstić information content (AvgIpc) is 3.43. The van der Waals surface area contributed by atoms with E-state index in [4.69, 9.17) is 0 Å². The van der Waals surface area contributed by atoms with Gasteiger partial charge in [0, 0.05) is 43.3 Å². The van der Waals surface area contributed by atoms with Gasteiger partial charge in [-0.05, 0) is 37.6 Å². The summed E-state index contributed by atoms with van der Waals surface area (Å²) in [6.07, 6.45) is 5.38. The van der Waals surface area contributed by atoms with Crippen molar-refractivity contribution in [2.75, 3.05) is 6.54 Å². The van der Waals surface area contributed by atoms with Gasteiger partial charge in [0.2, 0.25) is 15.9 Å². The van der Waals surface area contributed by atoms with Gasteiger partial charge in [-0.1, -0.05) is 6.07 Å². The monoisotopic (exact) mass is 445 g/mol. The van der Waals surface area contributed by atoms with Crippen molar-refractivity contribution in [1.29, 1.82) is 0 Å². The number of sulfonamides is 1. The van der Waals surface area contributed by atoms with E-state index in [0.29, 0.717) is 17.1 Å². The van der Waals surface area contributed by atoms with Crippen molar-refractivity contribution >= 4 is 32.9 Å². The van der Waals surface area contributed by atoms with Crippen LogP contribution in [0.25, 0.3) is 5.65 Å². The quantitative estimate of drug-likeness (QED) is 0.588. The Balaban J connectivity index is 1.26. The molecule has 2 bridgehead atoms. The second kappa shape index (κ2) is 7.44. The average molecular weight is 446 g/mol. The van der Waals surface area contributed by atoms with Crippen molar-refractivity contribution in [3.8, 4) is 0 Å². The maximum Gasteiger partial charge on any atom is 0.250 e. The van der Waals surface area contributed by atoms with Crippen LogP contribution in [0.2, 0.25) is 0 Å². The van der Waals surface area contributed by atoms with E-state index >= 15 is 0 Å². The molecule has 0 spiro atoms. The molecule has 5 heterocycles. The third-order valence-corrected chi connectivity index (χ3v) is 8.79. The number of nitrogens with one attached hydrogen (secondary N) is 1. The van der Waals surface area contributed by atoms with Gasteiger partial charge in [0.05, 0.1) is 17.4 Å². The van der Waals surface area contributed by atoms with E-state index in [1.54, 1.807) is 17.5 Å². The fourth-order valence-corrected chi connectivity index (χ4v) is 6.76. The molecule has 0 aromatic carbocycles. The summed E-state index contributed by atoms with van der Waals surface area (Å²) in [5, 5.41) is 6.32. The van der Waals surface area contributed by atoms with E-state index in [2.05, 4.69) is 14.8 Å². The lowest BCUT2D eigenvalue weighted by molar-refractivity contribution is -0.134. The van der Waals surface area contributed by atoms with Crippen molar-refractivity contribution in [3.05, 3.63) is 46.7 Å². The summed E-state index contributed by atoms with van der Waals surface area (Å²) in [4.78, 5) is 19.5. The maximum atomic E-state index is 13.0. The van der Waals surface area contributed by atoms with Crippen LogP contribution >= 0.6 is 11.3 Å². The molecule has 1 saturated heterocycles. The second-order valence-corrected chi connectivity index (χ2v) is 10.8. The summed E-state index contributed by atoms with van der Waals surface area (Å²) in [6.45, 7) is 2.21. The highest BCUT2D eigenvalue weighted by atomic mass is 32.2. The Bertz CT molecular complexity index is 1200. The molecule has 1 N–H and O–H groups in total. The molecule has 0 unspecified atom stereocenters. The first-order valence-electron chi connectivity index (χ1n) is 10.1. The Morgan fingerprint density at radius 2 is 2.23 bits per heavy atom. The predicted molar refractivity (Wildman–Crippen MR) is 113 cm³/mol. The lowest BCUT2D eigenvalue weighted by atomic mass is 9.98. The number of hydrogen-bond acceptors (Lipinski definition) is 6. The minimum atomic E-state index is -3.48. The first kappa shape index (κ1) is 19.7.